The number of nitrogens with zero attached hydrogens (tertiary/aromatic N) is 2. The molecule has 1 amide bonds. The van der Waals surface area contributed by atoms with Crippen molar-refractivity contribution in [3.05, 3.63) is 76.1 Å². The molecule has 0 bridgehead atoms. The summed E-state index contributed by atoms with van der Waals surface area (Å²) < 4.78 is 11.4. The van der Waals surface area contributed by atoms with E-state index < -0.39 is 11.5 Å². The molecule has 3 aromatic rings. The molecule has 0 saturated carbocycles. The molecule has 30 heavy (non-hydrogen) atoms. The highest BCUT2D eigenvalue weighted by Gasteiger charge is 2.19. The molecule has 0 unspecified atom stereocenters. The molecule has 0 atom stereocenters. The topological polar surface area (TPSA) is 103 Å². The van der Waals surface area contributed by atoms with E-state index in [1.165, 1.54) is 17.0 Å². The number of rotatable bonds is 8. The van der Waals surface area contributed by atoms with Crippen LogP contribution in [0.15, 0.2) is 63.2 Å². The molecule has 0 aliphatic rings. The van der Waals surface area contributed by atoms with Crippen LogP contribution in [0.2, 0.25) is 0 Å². The first-order chi connectivity index (χ1) is 14.5. The molecule has 1 aromatic carbocycles. The Balaban J connectivity index is 1.84. The second-order valence-corrected chi connectivity index (χ2v) is 7.24. The quantitative estimate of drug-likeness (QED) is 0.335. The molecular weight excluding hydrogens is 406 g/mol. The summed E-state index contributed by atoms with van der Waals surface area (Å²) in [5.41, 5.74) is 0.852. The number of carbonyl (C=O) groups is 2. The van der Waals surface area contributed by atoms with Crippen molar-refractivity contribution >= 4 is 23.6 Å². The first-order valence-corrected chi connectivity index (χ1v) is 10.3. The number of carbonyl (C=O) groups excluding carboxylic acids is 2. The van der Waals surface area contributed by atoms with Crippen LogP contribution in [0.3, 0.4) is 0 Å². The Hall–Kier alpha value is -3.33. The maximum absolute atomic E-state index is 13.0. The van der Waals surface area contributed by atoms with E-state index in [9.17, 15) is 14.4 Å². The number of thioether (sulfide) groups is 1. The van der Waals surface area contributed by atoms with Gasteiger partial charge in [0.15, 0.2) is 5.16 Å². The van der Waals surface area contributed by atoms with Crippen LogP contribution in [0.5, 0.6) is 0 Å². The van der Waals surface area contributed by atoms with Gasteiger partial charge in [-0.05, 0) is 38.1 Å². The SMILES string of the molecule is CCOC(=O)c1cnc(SCC(=O)NCc2ccco2)n(-c2ccc(C)cc2)c1=O. The van der Waals surface area contributed by atoms with Crippen molar-refractivity contribution in [2.24, 2.45) is 0 Å². The predicted molar refractivity (Wildman–Crippen MR) is 112 cm³/mol. The molecular formula is C21H21N3O5S. The van der Waals surface area contributed by atoms with E-state index in [1.54, 1.807) is 31.2 Å². The summed E-state index contributed by atoms with van der Waals surface area (Å²) in [6.07, 6.45) is 2.72. The monoisotopic (exact) mass is 427 g/mol. The van der Waals surface area contributed by atoms with E-state index in [2.05, 4.69) is 10.3 Å². The summed E-state index contributed by atoms with van der Waals surface area (Å²) in [5.74, 6) is -0.293. The number of hydrogen-bond donors (Lipinski definition) is 1. The van der Waals surface area contributed by atoms with Crippen molar-refractivity contribution in [1.82, 2.24) is 14.9 Å². The molecule has 9 heteroatoms. The van der Waals surface area contributed by atoms with Crippen molar-refractivity contribution in [3.63, 3.8) is 0 Å². The van der Waals surface area contributed by atoms with Gasteiger partial charge in [-0.25, -0.2) is 9.78 Å². The minimum absolute atomic E-state index is 0.0394. The Morgan fingerprint density at radius 2 is 2.00 bits per heavy atom. The predicted octanol–water partition coefficient (Wildman–Crippen LogP) is 2.72. The fraction of sp³-hybridized carbons (Fsp3) is 0.238. The van der Waals surface area contributed by atoms with Gasteiger partial charge in [-0.1, -0.05) is 29.5 Å². The van der Waals surface area contributed by atoms with Crippen LogP contribution < -0.4 is 10.9 Å². The average Bonchev–Trinajstić information content (AvgIpc) is 3.25. The van der Waals surface area contributed by atoms with Gasteiger partial charge < -0.3 is 14.5 Å². The number of aryl methyl sites for hydroxylation is 1. The highest BCUT2D eigenvalue weighted by Crippen LogP contribution is 2.19. The highest BCUT2D eigenvalue weighted by molar-refractivity contribution is 7.99. The second kappa shape index (κ2) is 9.93. The van der Waals surface area contributed by atoms with E-state index >= 15 is 0 Å². The van der Waals surface area contributed by atoms with E-state index in [4.69, 9.17) is 9.15 Å². The largest absolute Gasteiger partial charge is 0.467 e. The number of furan rings is 1. The van der Waals surface area contributed by atoms with Gasteiger partial charge in [0.05, 0.1) is 37.1 Å². The van der Waals surface area contributed by atoms with Crippen LogP contribution in [0.1, 0.15) is 28.6 Å². The first kappa shape index (κ1) is 21.4. The number of ether oxygens (including phenoxy) is 1. The molecule has 0 saturated heterocycles. The zero-order chi connectivity index (χ0) is 21.5. The summed E-state index contributed by atoms with van der Waals surface area (Å²) in [7, 11) is 0. The summed E-state index contributed by atoms with van der Waals surface area (Å²) in [4.78, 5) is 41.6. The van der Waals surface area contributed by atoms with Crippen molar-refractivity contribution in [1.29, 1.82) is 0 Å². The minimum Gasteiger partial charge on any atom is -0.467 e. The highest BCUT2D eigenvalue weighted by atomic mass is 32.2. The zero-order valence-electron chi connectivity index (χ0n) is 16.6. The van der Waals surface area contributed by atoms with Crippen molar-refractivity contribution in [2.45, 2.75) is 25.5 Å². The van der Waals surface area contributed by atoms with Crippen LogP contribution in [-0.2, 0) is 16.1 Å². The third-order valence-corrected chi connectivity index (χ3v) is 5.04. The first-order valence-electron chi connectivity index (χ1n) is 9.27. The van der Waals surface area contributed by atoms with Gasteiger partial charge in [-0.15, -0.1) is 0 Å². The number of nitrogens with one attached hydrogen (secondary N) is 1. The third-order valence-electron chi connectivity index (χ3n) is 4.09. The summed E-state index contributed by atoms with van der Waals surface area (Å²) in [5, 5.41) is 3.04. The molecule has 0 spiro atoms. The summed E-state index contributed by atoms with van der Waals surface area (Å²) >= 11 is 1.10. The molecule has 156 valence electrons. The fourth-order valence-electron chi connectivity index (χ4n) is 2.59. The van der Waals surface area contributed by atoms with Crippen molar-refractivity contribution in [2.75, 3.05) is 12.4 Å². The lowest BCUT2D eigenvalue weighted by molar-refractivity contribution is -0.118. The molecule has 3 rings (SSSR count). The van der Waals surface area contributed by atoms with Crippen LogP contribution >= 0.6 is 11.8 Å². The van der Waals surface area contributed by atoms with Gasteiger partial charge in [-0.2, -0.15) is 0 Å². The zero-order valence-corrected chi connectivity index (χ0v) is 17.4. The smallest absolute Gasteiger partial charge is 0.345 e. The Bertz CT molecular complexity index is 1080. The van der Waals surface area contributed by atoms with Crippen molar-refractivity contribution in [3.8, 4) is 5.69 Å². The Labute approximate surface area is 177 Å². The molecule has 0 radical (unpaired) electrons. The van der Waals surface area contributed by atoms with Crippen LogP contribution in [0.4, 0.5) is 0 Å². The van der Waals surface area contributed by atoms with E-state index in [-0.39, 0.29) is 30.4 Å². The van der Waals surface area contributed by atoms with Crippen LogP contribution in [-0.4, -0.2) is 33.8 Å². The number of hydrogen-bond acceptors (Lipinski definition) is 7. The molecule has 0 fully saturated rings. The normalized spacial score (nSPS) is 10.6. The maximum Gasteiger partial charge on any atom is 0.345 e. The van der Waals surface area contributed by atoms with Crippen LogP contribution in [0.25, 0.3) is 5.69 Å². The maximum atomic E-state index is 13.0. The molecule has 2 heterocycles. The van der Waals surface area contributed by atoms with Gasteiger partial charge in [0, 0.05) is 0 Å². The Kier molecular flexibility index (Phi) is 7.08. The van der Waals surface area contributed by atoms with Gasteiger partial charge in [-0.3, -0.25) is 14.2 Å². The molecule has 0 aliphatic carbocycles. The lowest BCUT2D eigenvalue weighted by atomic mass is 10.2. The standard InChI is InChI=1S/C21H21N3O5S/c1-3-28-20(27)17-12-23-21(24(19(17)26)15-8-6-14(2)7-9-15)30-13-18(25)22-11-16-5-4-10-29-16/h4-10,12H,3,11,13H2,1-2H3,(H,22,25). The fourth-order valence-corrected chi connectivity index (χ4v) is 3.40. The molecule has 8 nitrogen and oxygen atoms in total. The Morgan fingerprint density at radius 1 is 1.23 bits per heavy atom. The second-order valence-electron chi connectivity index (χ2n) is 6.30. The molecule has 0 aliphatic heterocycles. The minimum atomic E-state index is -0.733. The van der Waals surface area contributed by atoms with Gasteiger partial charge in [0.1, 0.15) is 11.3 Å². The van der Waals surface area contributed by atoms with E-state index in [1.807, 2.05) is 19.1 Å². The Morgan fingerprint density at radius 3 is 2.67 bits per heavy atom. The van der Waals surface area contributed by atoms with Gasteiger partial charge in [0.25, 0.3) is 5.56 Å². The number of esters is 1. The lowest BCUT2D eigenvalue weighted by Crippen LogP contribution is -2.29. The van der Waals surface area contributed by atoms with Gasteiger partial charge in [0.2, 0.25) is 5.91 Å². The molecule has 2 aromatic heterocycles. The molecule has 1 N–H and O–H groups in total. The number of aromatic nitrogens is 2. The lowest BCUT2D eigenvalue weighted by Gasteiger charge is -2.13. The van der Waals surface area contributed by atoms with Crippen molar-refractivity contribution < 1.29 is 18.7 Å². The average molecular weight is 427 g/mol. The summed E-state index contributed by atoms with van der Waals surface area (Å²) in [6.45, 7) is 4.01. The van der Waals surface area contributed by atoms with Crippen LogP contribution in [0, 0.1) is 6.92 Å². The van der Waals surface area contributed by atoms with E-state index in [0.717, 1.165) is 17.3 Å². The number of benzene rings is 1. The summed E-state index contributed by atoms with van der Waals surface area (Å²) in [6, 6.07) is 10.7. The third kappa shape index (κ3) is 5.18. The van der Waals surface area contributed by atoms with Gasteiger partial charge >= 0.3 is 5.97 Å². The van der Waals surface area contributed by atoms with E-state index in [0.29, 0.717) is 16.6 Å². The number of amides is 1.